The number of alkyl halides is 2. The van der Waals surface area contributed by atoms with Gasteiger partial charge in [-0.15, -0.1) is 0 Å². The maximum atomic E-state index is 13.3. The molecule has 1 N–H and O–H groups in total. The number of methoxy groups -OCH3 is 1. The number of hydrogen-bond donors (Lipinski definition) is 1. The maximum Gasteiger partial charge on any atom is 0.396 e. The fourth-order valence-corrected chi connectivity index (χ4v) is 1.04. The van der Waals surface area contributed by atoms with Crippen molar-refractivity contribution in [2.24, 2.45) is 0 Å². The molecule has 0 saturated carbocycles. The Labute approximate surface area is 99.5 Å². The van der Waals surface area contributed by atoms with Gasteiger partial charge in [0.05, 0.1) is 12.8 Å². The van der Waals surface area contributed by atoms with Crippen LogP contribution in [0.25, 0.3) is 0 Å². The number of hydrogen-bond acceptors (Lipinski definition) is 4. The summed E-state index contributed by atoms with van der Waals surface area (Å²) in [5, 5.41) is 1.91. The molecule has 0 aromatic heterocycles. The van der Waals surface area contributed by atoms with E-state index in [1.807, 2.05) is 5.32 Å². The van der Waals surface area contributed by atoms with Gasteiger partial charge in [0.25, 0.3) is 0 Å². The second-order valence-electron chi connectivity index (χ2n) is 2.97. The third-order valence-corrected chi connectivity index (χ3v) is 1.78. The van der Waals surface area contributed by atoms with Crippen molar-refractivity contribution in [1.82, 2.24) is 0 Å². The number of anilines is 1. The molecule has 1 aromatic carbocycles. The minimum Gasteiger partial charge on any atom is -0.462 e. The molecule has 18 heavy (non-hydrogen) atoms. The number of rotatable bonds is 3. The third-order valence-electron chi connectivity index (χ3n) is 1.78. The Kier molecular flexibility index (Phi) is 4.52. The summed E-state index contributed by atoms with van der Waals surface area (Å²) in [5.74, 6) is -3.81. The van der Waals surface area contributed by atoms with Crippen molar-refractivity contribution >= 4 is 17.6 Å². The van der Waals surface area contributed by atoms with Gasteiger partial charge in [-0.3, -0.25) is 4.79 Å². The molecule has 5 nitrogen and oxygen atoms in total. The van der Waals surface area contributed by atoms with Crippen LogP contribution in [0.2, 0.25) is 0 Å². The average Bonchev–Trinajstić information content (AvgIpc) is 2.30. The molecule has 0 heterocycles. The third kappa shape index (κ3) is 3.65. The molecule has 0 bridgehead atoms. The van der Waals surface area contributed by atoms with Crippen molar-refractivity contribution in [2.45, 2.75) is 6.61 Å². The molecule has 8 heteroatoms. The quantitative estimate of drug-likeness (QED) is 0.663. The number of carbonyl (C=O) groups excluding carboxylic acids is 2. The number of esters is 1. The number of nitrogens with one attached hydrogen (secondary N) is 1. The van der Waals surface area contributed by atoms with Crippen LogP contribution in [0.5, 0.6) is 5.75 Å². The van der Waals surface area contributed by atoms with Crippen LogP contribution in [-0.2, 0) is 14.3 Å². The van der Waals surface area contributed by atoms with E-state index in [1.54, 1.807) is 0 Å². The molecule has 1 aromatic rings. The van der Waals surface area contributed by atoms with E-state index < -0.39 is 30.1 Å². The second-order valence-corrected chi connectivity index (χ2v) is 2.97. The Bertz CT molecular complexity index is 464. The lowest BCUT2D eigenvalue weighted by atomic mass is 10.3. The molecule has 0 aliphatic carbocycles. The van der Waals surface area contributed by atoms with E-state index in [-0.39, 0.29) is 5.69 Å². The molecule has 0 fully saturated rings. The molecule has 1 rings (SSSR count). The van der Waals surface area contributed by atoms with Gasteiger partial charge in [0, 0.05) is 6.07 Å². The zero-order chi connectivity index (χ0) is 13.7. The van der Waals surface area contributed by atoms with Crippen LogP contribution in [0.3, 0.4) is 0 Å². The Hall–Kier alpha value is -2.25. The molecular formula is C10H8F3NO4. The van der Waals surface area contributed by atoms with Crippen molar-refractivity contribution in [3.8, 4) is 5.75 Å². The van der Waals surface area contributed by atoms with Gasteiger partial charge in [0.2, 0.25) is 0 Å². The number of benzene rings is 1. The van der Waals surface area contributed by atoms with Gasteiger partial charge in [0.15, 0.2) is 0 Å². The predicted octanol–water partition coefficient (Wildman–Crippen LogP) is 1.54. The minimum atomic E-state index is -3.08. The first-order valence-electron chi connectivity index (χ1n) is 4.57. The van der Waals surface area contributed by atoms with E-state index in [4.69, 9.17) is 0 Å². The molecule has 1 amide bonds. The normalized spacial score (nSPS) is 10.1. The number of ether oxygens (including phenoxy) is 2. The largest absolute Gasteiger partial charge is 0.462 e. The van der Waals surface area contributed by atoms with E-state index in [0.29, 0.717) is 6.07 Å². The standard InChI is InChI=1S/C10H8F3NO4/c1-17-9(16)8(15)14-7-3-2-5(4-6(7)11)18-10(12)13/h2-4,10H,1H3,(H,14,15). The van der Waals surface area contributed by atoms with E-state index in [1.165, 1.54) is 0 Å². The van der Waals surface area contributed by atoms with Gasteiger partial charge in [-0.25, -0.2) is 9.18 Å². The monoisotopic (exact) mass is 263 g/mol. The van der Waals surface area contributed by atoms with E-state index in [0.717, 1.165) is 19.2 Å². The highest BCUT2D eigenvalue weighted by atomic mass is 19.3. The summed E-state index contributed by atoms with van der Waals surface area (Å²) >= 11 is 0. The molecule has 0 saturated heterocycles. The highest BCUT2D eigenvalue weighted by Crippen LogP contribution is 2.21. The van der Waals surface area contributed by atoms with Crippen LogP contribution in [0, 0.1) is 5.82 Å². The van der Waals surface area contributed by atoms with Crippen LogP contribution in [0.1, 0.15) is 0 Å². The summed E-state index contributed by atoms with van der Waals surface area (Å²) in [7, 11) is 0.984. The summed E-state index contributed by atoms with van der Waals surface area (Å²) in [6.07, 6.45) is 0. The zero-order valence-electron chi connectivity index (χ0n) is 9.08. The minimum absolute atomic E-state index is 0.355. The maximum absolute atomic E-state index is 13.3. The van der Waals surface area contributed by atoms with Crippen molar-refractivity contribution < 1.29 is 32.2 Å². The first-order chi connectivity index (χ1) is 8.43. The van der Waals surface area contributed by atoms with Gasteiger partial charge in [0.1, 0.15) is 11.6 Å². The highest BCUT2D eigenvalue weighted by molar-refractivity contribution is 6.37. The average molecular weight is 263 g/mol. The van der Waals surface area contributed by atoms with E-state index in [9.17, 15) is 22.8 Å². The van der Waals surface area contributed by atoms with Crippen LogP contribution in [0.15, 0.2) is 18.2 Å². The summed E-state index contributed by atoms with van der Waals surface area (Å²) in [4.78, 5) is 21.8. The first kappa shape index (κ1) is 13.8. The first-order valence-corrected chi connectivity index (χ1v) is 4.57. The smallest absolute Gasteiger partial charge is 0.396 e. The summed E-state index contributed by atoms with van der Waals surface area (Å²) in [6, 6.07) is 2.65. The Morgan fingerprint density at radius 1 is 1.33 bits per heavy atom. The van der Waals surface area contributed by atoms with Gasteiger partial charge < -0.3 is 14.8 Å². The topological polar surface area (TPSA) is 64.6 Å². The molecule has 0 spiro atoms. The van der Waals surface area contributed by atoms with Gasteiger partial charge in [-0.2, -0.15) is 8.78 Å². The summed E-state index contributed by atoms with van der Waals surface area (Å²) < 4.78 is 45.1. The van der Waals surface area contributed by atoms with E-state index in [2.05, 4.69) is 9.47 Å². The van der Waals surface area contributed by atoms with Crippen LogP contribution in [-0.4, -0.2) is 25.6 Å². The van der Waals surface area contributed by atoms with Crippen molar-refractivity contribution in [2.75, 3.05) is 12.4 Å². The second kappa shape index (κ2) is 5.89. The SMILES string of the molecule is COC(=O)C(=O)Nc1ccc(OC(F)F)cc1F. The van der Waals surface area contributed by atoms with Crippen LogP contribution < -0.4 is 10.1 Å². The van der Waals surface area contributed by atoms with Crippen LogP contribution in [0.4, 0.5) is 18.9 Å². The number of amides is 1. The van der Waals surface area contributed by atoms with Crippen molar-refractivity contribution in [3.05, 3.63) is 24.0 Å². The van der Waals surface area contributed by atoms with Gasteiger partial charge in [-0.1, -0.05) is 0 Å². The summed E-state index contributed by atoms with van der Waals surface area (Å²) in [5.41, 5.74) is -0.355. The fourth-order valence-electron chi connectivity index (χ4n) is 1.04. The molecule has 0 aliphatic heterocycles. The fraction of sp³-hybridized carbons (Fsp3) is 0.200. The lowest BCUT2D eigenvalue weighted by Gasteiger charge is -2.08. The van der Waals surface area contributed by atoms with E-state index >= 15 is 0 Å². The number of carbonyl (C=O) groups is 2. The zero-order valence-corrected chi connectivity index (χ0v) is 9.08. The molecular weight excluding hydrogens is 255 g/mol. The predicted molar refractivity (Wildman–Crippen MR) is 53.7 cm³/mol. The lowest BCUT2D eigenvalue weighted by molar-refractivity contribution is -0.150. The molecule has 0 unspecified atom stereocenters. The number of halogens is 3. The van der Waals surface area contributed by atoms with Crippen molar-refractivity contribution in [1.29, 1.82) is 0 Å². The Morgan fingerprint density at radius 2 is 2.00 bits per heavy atom. The van der Waals surface area contributed by atoms with Gasteiger partial charge >= 0.3 is 18.5 Å². The Balaban J connectivity index is 2.80. The van der Waals surface area contributed by atoms with Crippen LogP contribution >= 0.6 is 0 Å². The molecule has 0 aliphatic rings. The summed E-state index contributed by atoms with van der Waals surface area (Å²) in [6.45, 7) is -3.08. The van der Waals surface area contributed by atoms with Gasteiger partial charge in [-0.05, 0) is 12.1 Å². The van der Waals surface area contributed by atoms with Crippen molar-refractivity contribution in [3.63, 3.8) is 0 Å². The Morgan fingerprint density at radius 3 is 2.50 bits per heavy atom. The highest BCUT2D eigenvalue weighted by Gasteiger charge is 2.16. The molecule has 0 radical (unpaired) electrons. The molecule has 98 valence electrons. The lowest BCUT2D eigenvalue weighted by Crippen LogP contribution is -2.24. The molecule has 0 atom stereocenters.